The van der Waals surface area contributed by atoms with Gasteiger partial charge in [-0.15, -0.1) is 0 Å². The molecular weight excluding hydrogens is 392 g/mol. The van der Waals surface area contributed by atoms with E-state index in [4.69, 9.17) is 0 Å². The first kappa shape index (κ1) is 15.5. The highest BCUT2D eigenvalue weighted by Gasteiger charge is 2.18. The van der Waals surface area contributed by atoms with Crippen molar-refractivity contribution in [3.63, 3.8) is 0 Å². The lowest BCUT2D eigenvalue weighted by Gasteiger charge is -2.12. The lowest BCUT2D eigenvalue weighted by atomic mass is 10.4. The second-order valence-corrected chi connectivity index (χ2v) is 6.34. The third kappa shape index (κ3) is 2.50. The van der Waals surface area contributed by atoms with Crippen LogP contribution in [0.2, 0.25) is 0 Å². The van der Waals surface area contributed by atoms with Crippen molar-refractivity contribution < 1.29 is 0 Å². The minimum absolute atomic E-state index is 0.0219. The van der Waals surface area contributed by atoms with Crippen LogP contribution in [-0.2, 0) is 19.6 Å². The molecule has 0 amide bonds. The smallest absolute Gasteiger partial charge is 0.325 e. The fraction of sp³-hybridized carbons (Fsp3) is 0.583. The zero-order chi connectivity index (χ0) is 14.9. The number of halogens is 2. The highest BCUT2D eigenvalue weighted by Crippen LogP contribution is 2.09. The van der Waals surface area contributed by atoms with Crippen molar-refractivity contribution in [1.82, 2.24) is 18.7 Å². The van der Waals surface area contributed by atoms with Crippen LogP contribution in [0.3, 0.4) is 0 Å². The van der Waals surface area contributed by atoms with Crippen LogP contribution in [0.25, 0.3) is 11.2 Å². The molecule has 110 valence electrons. The monoisotopic (exact) mass is 406 g/mol. The standard InChI is InChI=1S/C12H16Br2N4O2/c1-3-16-7-15-10-9(16)11(19)18(6-8(14)5-13)12(20)17(10)4-2/h7-8H,3-6H2,1-2H3. The number of aromatic nitrogens is 4. The summed E-state index contributed by atoms with van der Waals surface area (Å²) < 4.78 is 4.59. The molecule has 2 aromatic rings. The molecule has 1 atom stereocenters. The Bertz CT molecular complexity index is 731. The number of hydrogen-bond donors (Lipinski definition) is 0. The molecule has 0 aromatic carbocycles. The zero-order valence-corrected chi connectivity index (χ0v) is 14.5. The molecule has 2 rings (SSSR count). The number of imidazole rings is 1. The highest BCUT2D eigenvalue weighted by molar-refractivity contribution is 9.12. The number of alkyl halides is 2. The Hall–Kier alpha value is -0.890. The zero-order valence-electron chi connectivity index (χ0n) is 11.3. The van der Waals surface area contributed by atoms with Crippen molar-refractivity contribution in [2.24, 2.45) is 0 Å². The average molecular weight is 408 g/mol. The predicted molar refractivity (Wildman–Crippen MR) is 86.1 cm³/mol. The van der Waals surface area contributed by atoms with Crippen molar-refractivity contribution >= 4 is 43.0 Å². The summed E-state index contributed by atoms with van der Waals surface area (Å²) in [5.41, 5.74) is 0.366. The van der Waals surface area contributed by atoms with Gasteiger partial charge in [-0.3, -0.25) is 13.9 Å². The van der Waals surface area contributed by atoms with Gasteiger partial charge >= 0.3 is 5.69 Å². The van der Waals surface area contributed by atoms with E-state index in [-0.39, 0.29) is 16.1 Å². The van der Waals surface area contributed by atoms with E-state index in [1.807, 2.05) is 13.8 Å². The van der Waals surface area contributed by atoms with Crippen molar-refractivity contribution in [3.05, 3.63) is 27.2 Å². The quantitative estimate of drug-likeness (QED) is 0.706. The van der Waals surface area contributed by atoms with E-state index in [2.05, 4.69) is 36.8 Å². The maximum absolute atomic E-state index is 12.6. The highest BCUT2D eigenvalue weighted by atomic mass is 79.9. The summed E-state index contributed by atoms with van der Waals surface area (Å²) in [5, 5.41) is 0.663. The topological polar surface area (TPSA) is 61.8 Å². The van der Waals surface area contributed by atoms with E-state index >= 15 is 0 Å². The maximum Gasteiger partial charge on any atom is 0.332 e. The molecule has 0 bridgehead atoms. The first-order valence-electron chi connectivity index (χ1n) is 6.43. The normalized spacial score (nSPS) is 13.0. The van der Waals surface area contributed by atoms with Crippen LogP contribution in [0.15, 0.2) is 15.9 Å². The van der Waals surface area contributed by atoms with Crippen LogP contribution < -0.4 is 11.2 Å². The summed E-state index contributed by atoms with van der Waals surface area (Å²) in [6.45, 7) is 5.27. The average Bonchev–Trinajstić information content (AvgIpc) is 2.87. The van der Waals surface area contributed by atoms with Gasteiger partial charge in [-0.2, -0.15) is 0 Å². The van der Waals surface area contributed by atoms with Gasteiger partial charge in [0.15, 0.2) is 11.2 Å². The van der Waals surface area contributed by atoms with Crippen LogP contribution in [0, 0.1) is 0 Å². The predicted octanol–water partition coefficient (Wildman–Crippen LogP) is 1.56. The molecule has 0 N–H and O–H groups in total. The third-order valence-electron chi connectivity index (χ3n) is 3.19. The molecule has 2 aromatic heterocycles. The first-order chi connectivity index (χ1) is 9.54. The molecule has 8 heteroatoms. The summed E-state index contributed by atoms with van der Waals surface area (Å²) in [7, 11) is 0. The van der Waals surface area contributed by atoms with Gasteiger partial charge < -0.3 is 4.57 Å². The second-order valence-electron chi connectivity index (χ2n) is 4.40. The fourth-order valence-corrected chi connectivity index (χ4v) is 2.67. The fourth-order valence-electron chi connectivity index (χ4n) is 2.17. The third-order valence-corrected chi connectivity index (χ3v) is 5.45. The van der Waals surface area contributed by atoms with Gasteiger partial charge in [0.2, 0.25) is 0 Å². The summed E-state index contributed by atoms with van der Waals surface area (Å²) in [5.74, 6) is 0. The SMILES string of the molecule is CCn1cnc2c1c(=O)n(CC(Br)CBr)c(=O)n2CC. The van der Waals surface area contributed by atoms with Crippen molar-refractivity contribution in [1.29, 1.82) is 0 Å². The molecular formula is C12H16Br2N4O2. The van der Waals surface area contributed by atoms with E-state index in [1.165, 1.54) is 9.13 Å². The molecule has 1 unspecified atom stereocenters. The second kappa shape index (κ2) is 6.26. The minimum Gasteiger partial charge on any atom is -0.325 e. The van der Waals surface area contributed by atoms with E-state index in [9.17, 15) is 9.59 Å². The van der Waals surface area contributed by atoms with Crippen LogP contribution in [0.1, 0.15) is 13.8 Å². The molecule has 0 saturated carbocycles. The van der Waals surface area contributed by atoms with Crippen molar-refractivity contribution in [2.75, 3.05) is 5.33 Å². The number of fused-ring (bicyclic) bond motifs is 1. The summed E-state index contributed by atoms with van der Waals surface area (Å²) in [6, 6.07) is 0. The van der Waals surface area contributed by atoms with Crippen LogP contribution in [0.4, 0.5) is 0 Å². The molecule has 0 saturated heterocycles. The Morgan fingerprint density at radius 3 is 2.50 bits per heavy atom. The van der Waals surface area contributed by atoms with E-state index < -0.39 is 0 Å². The van der Waals surface area contributed by atoms with Gasteiger partial charge in [0, 0.05) is 29.8 Å². The maximum atomic E-state index is 12.6. The van der Waals surface area contributed by atoms with E-state index in [0.29, 0.717) is 36.1 Å². The van der Waals surface area contributed by atoms with Gasteiger partial charge in [-0.25, -0.2) is 9.78 Å². The Labute approximate surface area is 132 Å². The van der Waals surface area contributed by atoms with Gasteiger partial charge in [0.25, 0.3) is 5.56 Å². The summed E-state index contributed by atoms with van der Waals surface area (Å²) >= 11 is 6.78. The largest absolute Gasteiger partial charge is 0.332 e. The molecule has 2 heterocycles. The van der Waals surface area contributed by atoms with E-state index in [1.54, 1.807) is 10.9 Å². The molecule has 0 aliphatic rings. The summed E-state index contributed by atoms with van der Waals surface area (Å²) in [6.07, 6.45) is 1.61. The number of nitrogens with zero attached hydrogens (tertiary/aromatic N) is 4. The Balaban J connectivity index is 2.81. The molecule has 0 radical (unpaired) electrons. The summed E-state index contributed by atoms with van der Waals surface area (Å²) in [4.78, 5) is 29.2. The van der Waals surface area contributed by atoms with Gasteiger partial charge in [-0.1, -0.05) is 31.9 Å². The lowest BCUT2D eigenvalue weighted by molar-refractivity contribution is 0.582. The molecule has 0 fully saturated rings. The van der Waals surface area contributed by atoms with Crippen molar-refractivity contribution in [3.8, 4) is 0 Å². The molecule has 0 aliphatic heterocycles. The number of rotatable bonds is 5. The Kier molecular flexibility index (Phi) is 4.85. The molecule has 20 heavy (non-hydrogen) atoms. The van der Waals surface area contributed by atoms with Crippen LogP contribution >= 0.6 is 31.9 Å². The Morgan fingerprint density at radius 1 is 1.25 bits per heavy atom. The van der Waals surface area contributed by atoms with Crippen LogP contribution in [0.5, 0.6) is 0 Å². The Morgan fingerprint density at radius 2 is 1.95 bits per heavy atom. The van der Waals surface area contributed by atoms with Gasteiger partial charge in [-0.05, 0) is 13.8 Å². The van der Waals surface area contributed by atoms with Crippen molar-refractivity contribution in [2.45, 2.75) is 38.3 Å². The van der Waals surface area contributed by atoms with E-state index in [0.717, 1.165) is 0 Å². The first-order valence-corrected chi connectivity index (χ1v) is 8.47. The van der Waals surface area contributed by atoms with Gasteiger partial charge in [0.1, 0.15) is 0 Å². The molecule has 0 aliphatic carbocycles. The number of hydrogen-bond acceptors (Lipinski definition) is 3. The molecule has 6 nitrogen and oxygen atoms in total. The van der Waals surface area contributed by atoms with Gasteiger partial charge in [0.05, 0.1) is 6.33 Å². The van der Waals surface area contributed by atoms with Crippen LogP contribution in [-0.4, -0.2) is 28.8 Å². The lowest BCUT2D eigenvalue weighted by Crippen LogP contribution is -2.42. The molecule has 0 spiro atoms. The minimum atomic E-state index is -0.309. The number of aryl methyl sites for hydroxylation is 2.